The van der Waals surface area contributed by atoms with Gasteiger partial charge in [0, 0.05) is 12.7 Å². The highest BCUT2D eigenvalue weighted by Gasteiger charge is 2.10. The smallest absolute Gasteiger partial charge is 0.151 e. The van der Waals surface area contributed by atoms with Crippen molar-refractivity contribution >= 4 is 27.3 Å². The van der Waals surface area contributed by atoms with Gasteiger partial charge >= 0.3 is 0 Å². The topological polar surface area (TPSA) is 65.4 Å². The van der Waals surface area contributed by atoms with E-state index in [1.54, 1.807) is 11.6 Å². The van der Waals surface area contributed by atoms with E-state index in [2.05, 4.69) is 26.0 Å². The predicted molar refractivity (Wildman–Crippen MR) is 55.8 cm³/mol. The second kappa shape index (κ2) is 3.55. The number of nitrogens with zero attached hydrogens (tertiary/aromatic N) is 3. The summed E-state index contributed by atoms with van der Waals surface area (Å²) in [5, 5.41) is 4.07. The van der Waals surface area contributed by atoms with Gasteiger partial charge in [-0.15, -0.1) is 0 Å². The predicted octanol–water partition coefficient (Wildman–Crippen LogP) is 1.22. The van der Waals surface area contributed by atoms with Crippen LogP contribution in [0.5, 0.6) is 0 Å². The van der Waals surface area contributed by atoms with Crippen LogP contribution >= 0.6 is 15.9 Å². The van der Waals surface area contributed by atoms with Crippen LogP contribution in [0.25, 0.3) is 5.52 Å². The Kier molecular flexibility index (Phi) is 2.39. The number of rotatable bonds is 2. The minimum absolute atomic E-state index is 0.461. The number of halogens is 1. The van der Waals surface area contributed by atoms with Gasteiger partial charge in [0.1, 0.15) is 16.4 Å². The Balaban J connectivity index is 2.67. The Morgan fingerprint density at radius 2 is 2.43 bits per heavy atom. The van der Waals surface area contributed by atoms with E-state index in [0.717, 1.165) is 15.7 Å². The molecule has 6 heteroatoms. The molecule has 14 heavy (non-hydrogen) atoms. The third kappa shape index (κ3) is 1.36. The molecule has 0 saturated carbocycles. The first-order valence-electron chi connectivity index (χ1n) is 3.99. The molecule has 0 radical (unpaired) electrons. The number of hydrogen-bond donors (Lipinski definition) is 1. The van der Waals surface area contributed by atoms with Crippen molar-refractivity contribution in [3.8, 4) is 0 Å². The maximum atomic E-state index is 5.70. The summed E-state index contributed by atoms with van der Waals surface area (Å²) in [5.74, 6) is 0.461. The van der Waals surface area contributed by atoms with Gasteiger partial charge in [0.05, 0.1) is 6.61 Å². The van der Waals surface area contributed by atoms with E-state index in [4.69, 9.17) is 10.5 Å². The molecule has 2 N–H and O–H groups in total. The Labute approximate surface area is 89.0 Å². The molecule has 2 aromatic rings. The lowest BCUT2D eigenvalue weighted by Crippen LogP contribution is -1.98. The van der Waals surface area contributed by atoms with Gasteiger partial charge in [-0.05, 0) is 22.0 Å². The summed E-state index contributed by atoms with van der Waals surface area (Å²) in [6.07, 6.45) is 1.42. The molecule has 5 nitrogen and oxygen atoms in total. The largest absolute Gasteiger partial charge is 0.382 e. The molecule has 0 aliphatic rings. The van der Waals surface area contributed by atoms with Crippen molar-refractivity contribution in [3.05, 3.63) is 22.6 Å². The van der Waals surface area contributed by atoms with Crippen LogP contribution in [-0.4, -0.2) is 21.7 Å². The summed E-state index contributed by atoms with van der Waals surface area (Å²) in [5.41, 5.74) is 7.48. The van der Waals surface area contributed by atoms with Crippen molar-refractivity contribution < 1.29 is 4.74 Å². The third-order valence-corrected chi connectivity index (χ3v) is 2.76. The summed E-state index contributed by atoms with van der Waals surface area (Å²) in [7, 11) is 1.64. The molecule has 0 aromatic carbocycles. The monoisotopic (exact) mass is 256 g/mol. The summed E-state index contributed by atoms with van der Waals surface area (Å²) < 4.78 is 7.59. The molecular formula is C8H9BrN4O. The Hall–Kier alpha value is -1.14. The van der Waals surface area contributed by atoms with Crippen LogP contribution in [0.4, 0.5) is 5.82 Å². The van der Waals surface area contributed by atoms with Crippen molar-refractivity contribution in [2.45, 2.75) is 6.61 Å². The summed E-state index contributed by atoms with van der Waals surface area (Å²) in [6, 6.07) is 1.91. The van der Waals surface area contributed by atoms with E-state index in [9.17, 15) is 0 Å². The number of aromatic nitrogens is 3. The molecule has 2 heterocycles. The quantitative estimate of drug-likeness (QED) is 0.878. The molecule has 0 spiro atoms. The number of nitrogen functional groups attached to an aromatic ring is 1. The standard InChI is InChI=1S/C8H9BrN4O/c1-14-3-5-2-6-8(10)11-4-12-13(6)7(5)9/h2,4H,3H2,1H3,(H2,10,11,12). The molecule has 2 aromatic heterocycles. The zero-order chi connectivity index (χ0) is 10.1. The van der Waals surface area contributed by atoms with Gasteiger partial charge in [0.2, 0.25) is 0 Å². The highest BCUT2D eigenvalue weighted by molar-refractivity contribution is 9.10. The van der Waals surface area contributed by atoms with E-state index in [0.29, 0.717) is 12.4 Å². The number of anilines is 1. The van der Waals surface area contributed by atoms with Gasteiger partial charge in [-0.2, -0.15) is 5.10 Å². The normalized spacial score (nSPS) is 11.0. The van der Waals surface area contributed by atoms with E-state index >= 15 is 0 Å². The number of hydrogen-bond acceptors (Lipinski definition) is 4. The molecule has 74 valence electrons. The summed E-state index contributed by atoms with van der Waals surface area (Å²) >= 11 is 3.42. The number of nitrogens with two attached hydrogens (primary N) is 1. The van der Waals surface area contributed by atoms with E-state index in [-0.39, 0.29) is 0 Å². The highest BCUT2D eigenvalue weighted by atomic mass is 79.9. The van der Waals surface area contributed by atoms with Gasteiger partial charge in [0.25, 0.3) is 0 Å². The molecule has 0 amide bonds. The fourth-order valence-corrected chi connectivity index (χ4v) is 1.80. The van der Waals surface area contributed by atoms with Gasteiger partial charge in [-0.25, -0.2) is 9.50 Å². The molecule has 2 rings (SSSR count). The van der Waals surface area contributed by atoms with E-state index < -0.39 is 0 Å². The first-order chi connectivity index (χ1) is 6.74. The van der Waals surface area contributed by atoms with Crippen molar-refractivity contribution in [2.75, 3.05) is 12.8 Å². The molecular weight excluding hydrogens is 248 g/mol. The van der Waals surface area contributed by atoms with Gasteiger partial charge in [-0.3, -0.25) is 0 Å². The van der Waals surface area contributed by atoms with Crippen molar-refractivity contribution in [1.82, 2.24) is 14.6 Å². The van der Waals surface area contributed by atoms with Crippen molar-refractivity contribution in [3.63, 3.8) is 0 Å². The van der Waals surface area contributed by atoms with E-state index in [1.807, 2.05) is 6.07 Å². The van der Waals surface area contributed by atoms with Crippen LogP contribution in [0, 0.1) is 0 Å². The maximum Gasteiger partial charge on any atom is 0.151 e. The van der Waals surface area contributed by atoms with Crippen molar-refractivity contribution in [1.29, 1.82) is 0 Å². The maximum absolute atomic E-state index is 5.70. The van der Waals surface area contributed by atoms with Crippen LogP contribution in [0.2, 0.25) is 0 Å². The lowest BCUT2D eigenvalue weighted by atomic mass is 10.3. The fraction of sp³-hybridized carbons (Fsp3) is 0.250. The highest BCUT2D eigenvalue weighted by Crippen LogP contribution is 2.23. The average molecular weight is 257 g/mol. The lowest BCUT2D eigenvalue weighted by Gasteiger charge is -1.97. The second-order valence-electron chi connectivity index (χ2n) is 2.84. The molecule has 0 aliphatic carbocycles. The zero-order valence-electron chi connectivity index (χ0n) is 7.57. The number of ether oxygens (including phenoxy) is 1. The Morgan fingerprint density at radius 1 is 1.64 bits per heavy atom. The van der Waals surface area contributed by atoms with Gasteiger partial charge in [-0.1, -0.05) is 0 Å². The first kappa shape index (κ1) is 9.42. The van der Waals surface area contributed by atoms with E-state index in [1.165, 1.54) is 6.33 Å². The van der Waals surface area contributed by atoms with Crippen LogP contribution in [0.15, 0.2) is 17.0 Å². The Morgan fingerprint density at radius 3 is 3.07 bits per heavy atom. The minimum atomic E-state index is 0.461. The number of methoxy groups -OCH3 is 1. The van der Waals surface area contributed by atoms with Crippen LogP contribution < -0.4 is 5.73 Å². The zero-order valence-corrected chi connectivity index (χ0v) is 9.15. The molecule has 0 atom stereocenters. The molecule has 0 unspecified atom stereocenters. The summed E-state index contributed by atoms with van der Waals surface area (Å²) in [6.45, 7) is 0.517. The summed E-state index contributed by atoms with van der Waals surface area (Å²) in [4.78, 5) is 3.91. The number of fused-ring (bicyclic) bond motifs is 1. The SMILES string of the molecule is COCc1cc2c(N)ncnn2c1Br. The average Bonchev–Trinajstić information content (AvgIpc) is 2.48. The lowest BCUT2D eigenvalue weighted by molar-refractivity contribution is 0.184. The van der Waals surface area contributed by atoms with Crippen LogP contribution in [-0.2, 0) is 11.3 Å². The second-order valence-corrected chi connectivity index (χ2v) is 3.59. The van der Waals surface area contributed by atoms with Gasteiger partial charge in [0.15, 0.2) is 5.82 Å². The molecule has 0 aliphatic heterocycles. The van der Waals surface area contributed by atoms with Crippen LogP contribution in [0.1, 0.15) is 5.56 Å². The first-order valence-corrected chi connectivity index (χ1v) is 4.79. The molecule has 0 saturated heterocycles. The van der Waals surface area contributed by atoms with Gasteiger partial charge < -0.3 is 10.5 Å². The van der Waals surface area contributed by atoms with Crippen molar-refractivity contribution in [2.24, 2.45) is 0 Å². The minimum Gasteiger partial charge on any atom is -0.382 e. The third-order valence-electron chi connectivity index (χ3n) is 1.92. The molecule has 0 fully saturated rings. The fourth-order valence-electron chi connectivity index (χ4n) is 1.29. The Bertz CT molecular complexity index is 468. The van der Waals surface area contributed by atoms with Crippen LogP contribution in [0.3, 0.4) is 0 Å². The molecule has 0 bridgehead atoms.